The van der Waals surface area contributed by atoms with Gasteiger partial charge in [0.05, 0.1) is 19.1 Å². The van der Waals surface area contributed by atoms with Crippen molar-refractivity contribution in [2.45, 2.75) is 19.4 Å². The Balaban J connectivity index is 0.00000144. The first-order valence-corrected chi connectivity index (χ1v) is 8.15. The van der Waals surface area contributed by atoms with Gasteiger partial charge in [-0.3, -0.25) is 4.79 Å². The van der Waals surface area contributed by atoms with Crippen LogP contribution in [0.1, 0.15) is 12.0 Å². The molecule has 1 aromatic carbocycles. The molecule has 0 aromatic heterocycles. The molecule has 1 atom stereocenters. The molecule has 1 aromatic rings. The highest BCUT2D eigenvalue weighted by molar-refractivity contribution is 5.85. The first kappa shape index (κ1) is 21.0. The number of hydrogen-bond acceptors (Lipinski definition) is 4. The van der Waals surface area contributed by atoms with Gasteiger partial charge in [0.1, 0.15) is 0 Å². The molecule has 2 aliphatic rings. The highest BCUT2D eigenvalue weighted by Crippen LogP contribution is 2.21. The number of carbonyl (C=O) groups is 1. The highest BCUT2D eigenvalue weighted by Gasteiger charge is 2.25. The molecule has 2 fully saturated rings. The number of halogens is 2. The van der Waals surface area contributed by atoms with Gasteiger partial charge in [-0.05, 0) is 18.6 Å². The fraction of sp³-hybridized carbons (Fsp3) is 0.588. The maximum Gasteiger partial charge on any atom is 0.225 e. The number of nitrogens with one attached hydrogen (secondary N) is 1. The number of para-hydroxylation sites is 1. The zero-order valence-corrected chi connectivity index (χ0v) is 15.7. The van der Waals surface area contributed by atoms with Crippen LogP contribution in [0.15, 0.2) is 24.3 Å². The van der Waals surface area contributed by atoms with E-state index in [0.717, 1.165) is 39.3 Å². The van der Waals surface area contributed by atoms with Gasteiger partial charge in [0.25, 0.3) is 0 Å². The van der Waals surface area contributed by atoms with Crippen molar-refractivity contribution < 1.29 is 9.53 Å². The summed E-state index contributed by atoms with van der Waals surface area (Å²) in [5, 5.41) is 3.27. The Morgan fingerprint density at radius 3 is 2.54 bits per heavy atom. The topological polar surface area (TPSA) is 44.8 Å². The smallest absolute Gasteiger partial charge is 0.225 e. The fourth-order valence-corrected chi connectivity index (χ4v) is 3.19. The predicted molar refractivity (Wildman–Crippen MR) is 102 cm³/mol. The first-order valence-electron chi connectivity index (χ1n) is 8.15. The van der Waals surface area contributed by atoms with E-state index in [0.29, 0.717) is 13.0 Å². The van der Waals surface area contributed by atoms with Crippen molar-refractivity contribution in [3.05, 3.63) is 29.8 Å². The summed E-state index contributed by atoms with van der Waals surface area (Å²) in [4.78, 5) is 16.7. The normalized spacial score (nSPS) is 20.8. The van der Waals surface area contributed by atoms with Gasteiger partial charge < -0.3 is 19.9 Å². The van der Waals surface area contributed by atoms with Crippen LogP contribution in [0.5, 0.6) is 0 Å². The quantitative estimate of drug-likeness (QED) is 0.875. The van der Waals surface area contributed by atoms with Crippen LogP contribution in [-0.2, 0) is 9.53 Å². The molecular formula is C17H27Cl2N3O2. The van der Waals surface area contributed by atoms with Crippen LogP contribution in [0.4, 0.5) is 5.69 Å². The number of hydrogen-bond donors (Lipinski definition) is 1. The van der Waals surface area contributed by atoms with Gasteiger partial charge in [-0.25, -0.2) is 0 Å². The van der Waals surface area contributed by atoms with Gasteiger partial charge in [0, 0.05) is 45.0 Å². The number of nitrogens with zero attached hydrogens (tertiary/aromatic N) is 2. The molecule has 24 heavy (non-hydrogen) atoms. The second-order valence-electron chi connectivity index (χ2n) is 6.06. The number of piperazine rings is 1. The molecule has 5 nitrogen and oxygen atoms in total. The maximum atomic E-state index is 12.4. The number of aryl methyl sites for hydroxylation is 1. The molecule has 0 aliphatic carbocycles. The lowest BCUT2D eigenvalue weighted by Crippen LogP contribution is -2.50. The third-order valence-corrected chi connectivity index (χ3v) is 4.50. The summed E-state index contributed by atoms with van der Waals surface area (Å²) in [6, 6.07) is 8.44. The molecule has 2 aliphatic heterocycles. The number of rotatable bonds is 3. The van der Waals surface area contributed by atoms with Crippen molar-refractivity contribution >= 4 is 36.4 Å². The minimum absolute atomic E-state index is 0. The average molecular weight is 376 g/mol. The Morgan fingerprint density at radius 1 is 1.21 bits per heavy atom. The van der Waals surface area contributed by atoms with Crippen molar-refractivity contribution in [2.75, 3.05) is 50.8 Å². The van der Waals surface area contributed by atoms with E-state index in [1.165, 1.54) is 11.3 Å². The summed E-state index contributed by atoms with van der Waals surface area (Å²) in [6.45, 7) is 7.93. The highest BCUT2D eigenvalue weighted by atomic mass is 35.5. The minimum atomic E-state index is 0. The van der Waals surface area contributed by atoms with Crippen LogP contribution >= 0.6 is 24.8 Å². The number of anilines is 1. The molecule has 2 heterocycles. The molecule has 1 unspecified atom stereocenters. The standard InChI is InChI=1S/C17H25N3O2.2ClH/c1-14-4-2-3-5-16(14)19-7-9-20(10-8-19)17(21)12-15-13-18-6-11-22-15;;/h2-5,15,18H,6-13H2,1H3;2*1H. The van der Waals surface area contributed by atoms with E-state index < -0.39 is 0 Å². The van der Waals surface area contributed by atoms with E-state index in [2.05, 4.69) is 41.4 Å². The van der Waals surface area contributed by atoms with Crippen LogP contribution in [0.2, 0.25) is 0 Å². The molecule has 0 bridgehead atoms. The molecular weight excluding hydrogens is 349 g/mol. The molecule has 0 spiro atoms. The number of ether oxygens (including phenoxy) is 1. The number of amides is 1. The van der Waals surface area contributed by atoms with Gasteiger partial charge in [-0.2, -0.15) is 0 Å². The zero-order chi connectivity index (χ0) is 15.4. The Hall–Kier alpha value is -1.01. The van der Waals surface area contributed by atoms with Gasteiger partial charge in [0.2, 0.25) is 5.91 Å². The summed E-state index contributed by atoms with van der Waals surface area (Å²) in [5.74, 6) is 0.220. The van der Waals surface area contributed by atoms with E-state index in [9.17, 15) is 4.79 Å². The SMILES string of the molecule is Cc1ccccc1N1CCN(C(=O)CC2CNCCO2)CC1.Cl.Cl. The Kier molecular flexibility index (Phi) is 8.84. The summed E-state index contributed by atoms with van der Waals surface area (Å²) in [7, 11) is 0. The third kappa shape index (κ3) is 5.24. The van der Waals surface area contributed by atoms with Crippen molar-refractivity contribution in [2.24, 2.45) is 0 Å². The van der Waals surface area contributed by atoms with Crippen molar-refractivity contribution in [1.29, 1.82) is 0 Å². The van der Waals surface area contributed by atoms with E-state index in [-0.39, 0.29) is 36.8 Å². The number of carbonyl (C=O) groups excluding carboxylic acids is 1. The van der Waals surface area contributed by atoms with Gasteiger partial charge >= 0.3 is 0 Å². The van der Waals surface area contributed by atoms with E-state index in [1.807, 2.05) is 4.90 Å². The lowest BCUT2D eigenvalue weighted by molar-refractivity contribution is -0.135. The maximum absolute atomic E-state index is 12.4. The van der Waals surface area contributed by atoms with E-state index in [4.69, 9.17) is 4.74 Å². The van der Waals surface area contributed by atoms with Crippen LogP contribution in [0, 0.1) is 6.92 Å². The third-order valence-electron chi connectivity index (χ3n) is 4.50. The molecule has 3 rings (SSSR count). The van der Waals surface area contributed by atoms with Crippen LogP contribution in [-0.4, -0.2) is 62.8 Å². The second kappa shape index (κ2) is 10.1. The largest absolute Gasteiger partial charge is 0.375 e. The molecule has 7 heteroatoms. The lowest BCUT2D eigenvalue weighted by Gasteiger charge is -2.37. The summed E-state index contributed by atoms with van der Waals surface area (Å²) in [5.41, 5.74) is 2.58. The van der Waals surface area contributed by atoms with E-state index in [1.54, 1.807) is 0 Å². The van der Waals surface area contributed by atoms with Crippen molar-refractivity contribution in [3.63, 3.8) is 0 Å². The van der Waals surface area contributed by atoms with Crippen molar-refractivity contribution in [3.8, 4) is 0 Å². The van der Waals surface area contributed by atoms with Crippen LogP contribution < -0.4 is 10.2 Å². The number of benzene rings is 1. The molecule has 1 amide bonds. The van der Waals surface area contributed by atoms with Crippen molar-refractivity contribution in [1.82, 2.24) is 10.2 Å². The zero-order valence-electron chi connectivity index (χ0n) is 14.1. The lowest BCUT2D eigenvalue weighted by atomic mass is 10.1. The monoisotopic (exact) mass is 375 g/mol. The summed E-state index contributed by atoms with van der Waals surface area (Å²) >= 11 is 0. The van der Waals surface area contributed by atoms with E-state index >= 15 is 0 Å². The van der Waals surface area contributed by atoms with Crippen LogP contribution in [0.25, 0.3) is 0 Å². The Bertz CT molecular complexity index is 516. The number of morpholine rings is 1. The molecule has 1 N–H and O–H groups in total. The van der Waals surface area contributed by atoms with Gasteiger partial charge in [-0.1, -0.05) is 18.2 Å². The van der Waals surface area contributed by atoms with Gasteiger partial charge in [0.15, 0.2) is 0 Å². The molecule has 2 saturated heterocycles. The summed E-state index contributed by atoms with van der Waals surface area (Å²) in [6.07, 6.45) is 0.535. The molecule has 136 valence electrons. The minimum Gasteiger partial charge on any atom is -0.375 e. The van der Waals surface area contributed by atoms with Crippen LogP contribution in [0.3, 0.4) is 0 Å². The van der Waals surface area contributed by atoms with Gasteiger partial charge in [-0.15, -0.1) is 24.8 Å². The predicted octanol–water partition coefficient (Wildman–Crippen LogP) is 1.87. The fourth-order valence-electron chi connectivity index (χ4n) is 3.19. The Labute approximate surface area is 156 Å². The second-order valence-corrected chi connectivity index (χ2v) is 6.06. The first-order chi connectivity index (χ1) is 10.7. The molecule has 0 saturated carbocycles. The Morgan fingerprint density at radius 2 is 1.92 bits per heavy atom. The summed E-state index contributed by atoms with van der Waals surface area (Å²) < 4.78 is 5.63. The average Bonchev–Trinajstić information content (AvgIpc) is 2.56. The molecule has 0 radical (unpaired) electrons.